The first-order valence-corrected chi connectivity index (χ1v) is 18.4. The van der Waals surface area contributed by atoms with Crippen molar-refractivity contribution in [3.05, 3.63) is 48.5 Å². The molecular weight excluding hydrogens is 676 g/mol. The molecule has 6 rings (SSSR count). The van der Waals surface area contributed by atoms with Gasteiger partial charge in [-0.2, -0.15) is 0 Å². The summed E-state index contributed by atoms with van der Waals surface area (Å²) in [6.07, 6.45) is -1.90. The van der Waals surface area contributed by atoms with Crippen LogP contribution in [0, 0.1) is 5.92 Å². The molecule has 9 atom stereocenters. The minimum absolute atomic E-state index is 0.0530. The predicted molar refractivity (Wildman–Crippen MR) is 165 cm³/mol. The van der Waals surface area contributed by atoms with Crippen LogP contribution in [-0.2, 0) is 37.0 Å². The zero-order valence-electron chi connectivity index (χ0n) is 25.5. The van der Waals surface area contributed by atoms with Crippen molar-refractivity contribution in [2.24, 2.45) is 5.92 Å². The van der Waals surface area contributed by atoms with E-state index in [0.29, 0.717) is 25.1 Å². The molecule has 4 unspecified atom stereocenters. The van der Waals surface area contributed by atoms with Crippen molar-refractivity contribution in [3.8, 4) is 0 Å². The number of rotatable bonds is 12. The van der Waals surface area contributed by atoms with Gasteiger partial charge in [-0.3, -0.25) is 23.8 Å². The number of imidazole rings is 1. The molecule has 19 nitrogen and oxygen atoms in total. The van der Waals surface area contributed by atoms with Crippen molar-refractivity contribution < 1.29 is 56.7 Å². The monoisotopic (exact) mass is 711 g/mol. The van der Waals surface area contributed by atoms with E-state index in [0.717, 1.165) is 0 Å². The van der Waals surface area contributed by atoms with Crippen LogP contribution in [0.4, 0.5) is 10.6 Å². The second-order valence-corrected chi connectivity index (χ2v) is 14.9. The fourth-order valence-corrected chi connectivity index (χ4v) is 9.03. The molecule has 3 saturated heterocycles. The van der Waals surface area contributed by atoms with Gasteiger partial charge in [-0.25, -0.2) is 28.6 Å². The molecule has 48 heavy (non-hydrogen) atoms. The number of benzene rings is 1. The van der Waals surface area contributed by atoms with Crippen LogP contribution in [0.5, 0.6) is 0 Å². The molecule has 21 heteroatoms. The van der Waals surface area contributed by atoms with Crippen molar-refractivity contribution in [1.29, 1.82) is 0 Å². The first-order chi connectivity index (χ1) is 22.9. The number of ether oxygens (including phenoxy) is 3. The largest absolute Gasteiger partial charge is 0.480 e. The number of aromatic nitrogens is 4. The molecular formula is C27H35N7O12P2. The van der Waals surface area contributed by atoms with Crippen LogP contribution in [0.15, 0.2) is 43.0 Å². The molecule has 0 bridgehead atoms. The van der Waals surface area contributed by atoms with Gasteiger partial charge in [0.05, 0.1) is 19.1 Å². The highest BCUT2D eigenvalue weighted by Crippen LogP contribution is 2.61. The van der Waals surface area contributed by atoms with Gasteiger partial charge in [-0.05, 0) is 32.2 Å². The first kappa shape index (κ1) is 34.5. The molecule has 3 aromatic rings. The van der Waals surface area contributed by atoms with Gasteiger partial charge >= 0.3 is 27.4 Å². The lowest BCUT2D eigenvalue weighted by Gasteiger charge is -2.29. The summed E-state index contributed by atoms with van der Waals surface area (Å²) in [6.45, 7) is 1.86. The van der Waals surface area contributed by atoms with Crippen LogP contribution in [0.2, 0.25) is 0 Å². The molecule has 0 radical (unpaired) electrons. The van der Waals surface area contributed by atoms with Gasteiger partial charge in [0, 0.05) is 12.1 Å². The summed E-state index contributed by atoms with van der Waals surface area (Å²) in [6, 6.07) is 7.68. The Morgan fingerprint density at radius 1 is 1.10 bits per heavy atom. The molecule has 0 saturated carbocycles. The van der Waals surface area contributed by atoms with Gasteiger partial charge in [0.15, 0.2) is 29.5 Å². The molecule has 2 amide bonds. The number of phosphoric ester groups is 1. The molecule has 3 aliphatic heterocycles. The van der Waals surface area contributed by atoms with Crippen LogP contribution < -0.4 is 16.0 Å². The number of phosphoric acid groups is 1. The summed E-state index contributed by atoms with van der Waals surface area (Å²) in [5.74, 6) is -1.48. The van der Waals surface area contributed by atoms with Crippen LogP contribution in [-0.4, -0.2) is 96.6 Å². The van der Waals surface area contributed by atoms with Crippen molar-refractivity contribution in [2.45, 2.75) is 56.6 Å². The third kappa shape index (κ3) is 7.76. The fraction of sp³-hybridized carbons (Fsp3) is 0.519. The summed E-state index contributed by atoms with van der Waals surface area (Å²) >= 11 is 0. The number of carboxylic acid groups (broad SMARTS) is 1. The molecule has 0 aliphatic carbocycles. The van der Waals surface area contributed by atoms with E-state index in [2.05, 4.69) is 30.9 Å². The maximum atomic E-state index is 12.9. The minimum Gasteiger partial charge on any atom is -0.480 e. The standard InChI is InChI=1S/C27H35N7O12P2/c1-2-28-27(37)33-22-19-23(31-13-30-22)34(14-32-19)24-21-20(44-26(45-21)16-6-4-3-5-7-16)18(43-24)11-42-48(40,41)46-47(38,39)12-15-8-9-29-17(10-15)25(35)36/h3-7,13-15,17-18,20-21,24,26,29H,2,8-12H2,1H3,(H,35,36)(H,38,39)(H,40,41)(H2,28,30,31,33,37)/t15?,17?,18-,20+,21+,24-,26+/m1/s1. The maximum absolute atomic E-state index is 12.9. The first-order valence-electron chi connectivity index (χ1n) is 15.1. The zero-order valence-corrected chi connectivity index (χ0v) is 27.3. The van der Waals surface area contributed by atoms with E-state index in [1.54, 1.807) is 11.5 Å². The normalized spacial score (nSPS) is 29.5. The zero-order chi connectivity index (χ0) is 34.1. The number of nitrogens with one attached hydrogen (secondary N) is 3. The molecule has 5 heterocycles. The lowest BCUT2D eigenvalue weighted by atomic mass is 9.94. The summed E-state index contributed by atoms with van der Waals surface area (Å²) in [5, 5.41) is 17.3. The number of hydrogen-bond donors (Lipinski definition) is 6. The second kappa shape index (κ2) is 14.2. The average molecular weight is 712 g/mol. The molecule has 6 N–H and O–H groups in total. The Bertz CT molecular complexity index is 1730. The van der Waals surface area contributed by atoms with E-state index < -0.39 is 83.0 Å². The third-order valence-electron chi connectivity index (χ3n) is 8.05. The third-order valence-corrected chi connectivity index (χ3v) is 11.4. The molecule has 0 spiro atoms. The maximum Gasteiger partial charge on any atom is 0.479 e. The molecule has 2 aromatic heterocycles. The Balaban J connectivity index is 1.18. The summed E-state index contributed by atoms with van der Waals surface area (Å²) < 4.78 is 55.9. The number of amides is 2. The lowest BCUT2D eigenvalue weighted by Crippen LogP contribution is -2.44. The van der Waals surface area contributed by atoms with E-state index in [9.17, 15) is 33.6 Å². The topological polar surface area (TPSA) is 255 Å². The number of hydrogen-bond acceptors (Lipinski definition) is 13. The van der Waals surface area contributed by atoms with Crippen molar-refractivity contribution in [1.82, 2.24) is 30.2 Å². The summed E-state index contributed by atoms with van der Waals surface area (Å²) in [7, 11) is -9.82. The Labute approximate surface area is 273 Å². The average Bonchev–Trinajstić information content (AvgIpc) is 3.75. The van der Waals surface area contributed by atoms with Gasteiger partial charge in [-0.15, -0.1) is 0 Å². The number of carbonyl (C=O) groups excluding carboxylic acids is 1. The van der Waals surface area contributed by atoms with Crippen molar-refractivity contribution in [3.63, 3.8) is 0 Å². The highest BCUT2D eigenvalue weighted by atomic mass is 31.3. The highest BCUT2D eigenvalue weighted by Gasteiger charge is 2.55. The van der Waals surface area contributed by atoms with Gasteiger partial charge < -0.3 is 39.7 Å². The molecule has 1 aromatic carbocycles. The van der Waals surface area contributed by atoms with Crippen molar-refractivity contribution >= 4 is 44.4 Å². The van der Waals surface area contributed by atoms with Gasteiger partial charge in [0.1, 0.15) is 30.7 Å². The fourth-order valence-electron chi connectivity index (χ4n) is 5.96. The van der Waals surface area contributed by atoms with E-state index in [-0.39, 0.29) is 23.4 Å². The number of nitrogens with zero attached hydrogens (tertiary/aromatic N) is 4. The van der Waals surface area contributed by atoms with Crippen molar-refractivity contribution in [2.75, 3.05) is 31.2 Å². The van der Waals surface area contributed by atoms with Crippen LogP contribution in [0.25, 0.3) is 11.2 Å². The summed E-state index contributed by atoms with van der Waals surface area (Å²) in [5.41, 5.74) is 1.25. The van der Waals surface area contributed by atoms with E-state index in [1.807, 2.05) is 30.3 Å². The van der Waals surface area contributed by atoms with E-state index in [4.69, 9.17) is 23.0 Å². The van der Waals surface area contributed by atoms with Crippen LogP contribution in [0.3, 0.4) is 0 Å². The molecule has 3 fully saturated rings. The van der Waals surface area contributed by atoms with E-state index >= 15 is 0 Å². The number of anilines is 1. The smallest absolute Gasteiger partial charge is 0.479 e. The van der Waals surface area contributed by atoms with Gasteiger partial charge in [0.2, 0.25) is 0 Å². The highest BCUT2D eigenvalue weighted by molar-refractivity contribution is 7.64. The Hall–Kier alpha value is -3.35. The number of piperidine rings is 1. The Morgan fingerprint density at radius 2 is 1.88 bits per heavy atom. The van der Waals surface area contributed by atoms with Gasteiger partial charge in [-0.1, -0.05) is 30.3 Å². The summed E-state index contributed by atoms with van der Waals surface area (Å²) in [4.78, 5) is 57.2. The second-order valence-electron chi connectivity index (χ2n) is 11.4. The van der Waals surface area contributed by atoms with E-state index in [1.165, 1.54) is 12.7 Å². The molecule has 3 aliphatic rings. The number of fused-ring (bicyclic) bond motifs is 2. The van der Waals surface area contributed by atoms with Crippen LogP contribution >= 0.6 is 15.4 Å². The predicted octanol–water partition coefficient (Wildman–Crippen LogP) is 2.12. The number of carboxylic acids is 1. The van der Waals surface area contributed by atoms with Gasteiger partial charge in [0.25, 0.3) is 0 Å². The number of carbonyl (C=O) groups is 2. The lowest BCUT2D eigenvalue weighted by molar-refractivity contribution is -0.152. The Morgan fingerprint density at radius 3 is 2.62 bits per heavy atom. The Kier molecular flexibility index (Phi) is 10.2. The molecule has 260 valence electrons. The number of urea groups is 1. The SMILES string of the molecule is CCNC(=O)Nc1ncnc2c1ncn2[C@@H]1O[C@H](COP(=O)(O)OP(=O)(O)CC2CCNC(C(=O)O)C2)[C@@H]2O[C@H](c3ccccc3)O[C@@H]21. The number of aliphatic carboxylic acids is 1. The van der Waals surface area contributed by atoms with Crippen LogP contribution in [0.1, 0.15) is 37.8 Å². The minimum atomic E-state index is -5.13. The quantitative estimate of drug-likeness (QED) is 0.147.